The summed E-state index contributed by atoms with van der Waals surface area (Å²) in [6.07, 6.45) is 0.322. The van der Waals surface area contributed by atoms with Gasteiger partial charge < -0.3 is 10.6 Å². The highest BCUT2D eigenvalue weighted by molar-refractivity contribution is 7.80. The minimum atomic E-state index is -0.854. The molecule has 0 radical (unpaired) electrons. The number of nitrogens with two attached hydrogens (primary N) is 1. The predicted octanol–water partition coefficient (Wildman–Crippen LogP) is 3.05. The summed E-state index contributed by atoms with van der Waals surface area (Å²) in [4.78, 5) is 14.1. The minimum absolute atomic E-state index is 0.163. The van der Waals surface area contributed by atoms with E-state index in [0.29, 0.717) is 13.0 Å². The monoisotopic (exact) mass is 314 g/mol. The van der Waals surface area contributed by atoms with Crippen LogP contribution < -0.4 is 5.73 Å². The van der Waals surface area contributed by atoms with Crippen molar-refractivity contribution in [2.24, 2.45) is 11.7 Å². The lowest BCUT2D eigenvalue weighted by Crippen LogP contribution is -2.37. The van der Waals surface area contributed by atoms with Crippen LogP contribution in [-0.2, 0) is 0 Å². The molecule has 0 aliphatic heterocycles. The molecule has 2 N–H and O–H groups in total. The molecule has 0 saturated heterocycles. The normalized spacial score (nSPS) is 10.8. The van der Waals surface area contributed by atoms with Gasteiger partial charge in [0.15, 0.2) is 0 Å². The maximum absolute atomic E-state index is 14.1. The third kappa shape index (κ3) is 4.74. The molecule has 0 aliphatic rings. The fraction of sp³-hybridized carbons (Fsp3) is 0.467. The van der Waals surface area contributed by atoms with E-state index < -0.39 is 23.1 Å². The lowest BCUT2D eigenvalue weighted by Gasteiger charge is -2.25. The van der Waals surface area contributed by atoms with Crippen molar-refractivity contribution >= 4 is 23.1 Å². The van der Waals surface area contributed by atoms with E-state index in [4.69, 9.17) is 18.0 Å². The summed E-state index contributed by atoms with van der Waals surface area (Å²) >= 11 is 4.79. The van der Waals surface area contributed by atoms with E-state index in [1.54, 1.807) is 0 Å². The van der Waals surface area contributed by atoms with Gasteiger partial charge in [-0.3, -0.25) is 4.79 Å². The third-order valence-electron chi connectivity index (χ3n) is 3.00. The van der Waals surface area contributed by atoms with E-state index in [1.807, 2.05) is 13.8 Å². The number of aryl methyl sites for hydroxylation is 1. The van der Waals surface area contributed by atoms with Crippen LogP contribution in [0.25, 0.3) is 0 Å². The first-order valence-corrected chi connectivity index (χ1v) is 7.17. The molecule has 0 aliphatic carbocycles. The summed E-state index contributed by atoms with van der Waals surface area (Å²) in [6, 6.07) is 2.41. The second-order valence-electron chi connectivity index (χ2n) is 5.41. The highest BCUT2D eigenvalue weighted by atomic mass is 32.1. The molecule has 0 bridgehead atoms. The Balaban J connectivity index is 3.10. The van der Waals surface area contributed by atoms with Gasteiger partial charge in [0.25, 0.3) is 5.91 Å². The van der Waals surface area contributed by atoms with Crippen molar-refractivity contribution in [3.63, 3.8) is 0 Å². The second kappa shape index (κ2) is 7.45. The Morgan fingerprint density at radius 3 is 2.52 bits per heavy atom. The standard InChI is InChI=1S/C15H20F2N2OS/c1-9(2)8-19(7-6-12(18)21)15(20)13-11(16)5-4-10(3)14(13)17/h4-5,9H,6-8H2,1-3H3,(H2,18,21). The molecule has 1 rings (SSSR count). The fourth-order valence-electron chi connectivity index (χ4n) is 1.97. The zero-order chi connectivity index (χ0) is 16.2. The zero-order valence-corrected chi connectivity index (χ0v) is 13.3. The molecule has 0 fully saturated rings. The summed E-state index contributed by atoms with van der Waals surface area (Å²) in [5.41, 5.74) is 5.16. The van der Waals surface area contributed by atoms with Crippen molar-refractivity contribution in [2.75, 3.05) is 13.1 Å². The Morgan fingerprint density at radius 1 is 1.38 bits per heavy atom. The predicted molar refractivity (Wildman–Crippen MR) is 83.2 cm³/mol. The smallest absolute Gasteiger partial charge is 0.259 e. The van der Waals surface area contributed by atoms with Gasteiger partial charge in [-0.05, 0) is 24.5 Å². The highest BCUT2D eigenvalue weighted by Gasteiger charge is 2.24. The number of benzene rings is 1. The largest absolute Gasteiger partial charge is 0.393 e. The average Bonchev–Trinajstić information content (AvgIpc) is 2.38. The first-order valence-electron chi connectivity index (χ1n) is 6.76. The van der Waals surface area contributed by atoms with Crippen LogP contribution in [0.15, 0.2) is 12.1 Å². The number of hydrogen-bond donors (Lipinski definition) is 1. The van der Waals surface area contributed by atoms with Crippen molar-refractivity contribution in [1.82, 2.24) is 4.90 Å². The van der Waals surface area contributed by atoms with Crippen LogP contribution in [0, 0.1) is 24.5 Å². The molecule has 0 heterocycles. The molecule has 21 heavy (non-hydrogen) atoms. The second-order valence-corrected chi connectivity index (χ2v) is 5.94. The highest BCUT2D eigenvalue weighted by Crippen LogP contribution is 2.19. The number of rotatable bonds is 6. The van der Waals surface area contributed by atoms with Crippen LogP contribution >= 0.6 is 12.2 Å². The molecule has 1 aromatic rings. The first kappa shape index (κ1) is 17.5. The van der Waals surface area contributed by atoms with Gasteiger partial charge in [-0.25, -0.2) is 8.78 Å². The van der Waals surface area contributed by atoms with Gasteiger partial charge in [-0.2, -0.15) is 0 Å². The molecule has 1 aromatic carbocycles. The van der Waals surface area contributed by atoms with E-state index in [2.05, 4.69) is 0 Å². The Labute approximate surface area is 129 Å². The van der Waals surface area contributed by atoms with Gasteiger partial charge in [0, 0.05) is 19.5 Å². The quantitative estimate of drug-likeness (QED) is 0.821. The molecule has 6 heteroatoms. The molecular formula is C15H20F2N2OS. The van der Waals surface area contributed by atoms with Crippen LogP contribution in [0.1, 0.15) is 36.2 Å². The van der Waals surface area contributed by atoms with Crippen molar-refractivity contribution in [2.45, 2.75) is 27.2 Å². The number of carbonyl (C=O) groups excluding carboxylic acids is 1. The third-order valence-corrected chi connectivity index (χ3v) is 3.20. The molecular weight excluding hydrogens is 294 g/mol. The van der Waals surface area contributed by atoms with E-state index in [1.165, 1.54) is 17.9 Å². The Hall–Kier alpha value is -1.56. The Bertz CT molecular complexity index is 547. The molecule has 3 nitrogen and oxygen atoms in total. The van der Waals surface area contributed by atoms with Crippen molar-refractivity contribution < 1.29 is 13.6 Å². The van der Waals surface area contributed by atoms with Gasteiger partial charge >= 0.3 is 0 Å². The zero-order valence-electron chi connectivity index (χ0n) is 12.5. The van der Waals surface area contributed by atoms with Crippen LogP contribution in [-0.4, -0.2) is 28.9 Å². The van der Waals surface area contributed by atoms with Crippen LogP contribution in [0.4, 0.5) is 8.78 Å². The number of thiocarbonyl (C=S) groups is 1. The lowest BCUT2D eigenvalue weighted by atomic mass is 10.1. The van der Waals surface area contributed by atoms with E-state index in [9.17, 15) is 13.6 Å². The van der Waals surface area contributed by atoms with Crippen molar-refractivity contribution in [1.29, 1.82) is 0 Å². The maximum atomic E-state index is 14.1. The molecule has 0 saturated carbocycles. The van der Waals surface area contributed by atoms with E-state index in [-0.39, 0.29) is 23.0 Å². The molecule has 0 unspecified atom stereocenters. The van der Waals surface area contributed by atoms with Crippen molar-refractivity contribution in [3.8, 4) is 0 Å². The summed E-state index contributed by atoms with van der Waals surface area (Å²) in [5, 5.41) is 0. The van der Waals surface area contributed by atoms with E-state index >= 15 is 0 Å². The number of carbonyl (C=O) groups is 1. The average molecular weight is 314 g/mol. The summed E-state index contributed by atoms with van der Waals surface area (Å²) in [7, 11) is 0. The SMILES string of the molecule is Cc1ccc(F)c(C(=O)N(CCC(N)=S)CC(C)C)c1F. The minimum Gasteiger partial charge on any atom is -0.393 e. The number of halogens is 2. The lowest BCUT2D eigenvalue weighted by molar-refractivity contribution is 0.0731. The van der Waals surface area contributed by atoms with Gasteiger partial charge in [-0.1, -0.05) is 32.1 Å². The maximum Gasteiger partial charge on any atom is 0.259 e. The molecule has 0 spiro atoms. The number of hydrogen-bond acceptors (Lipinski definition) is 2. The molecule has 116 valence electrons. The number of nitrogens with zero attached hydrogens (tertiary/aromatic N) is 1. The van der Waals surface area contributed by atoms with Crippen LogP contribution in [0.3, 0.4) is 0 Å². The number of amides is 1. The van der Waals surface area contributed by atoms with Crippen LogP contribution in [0.5, 0.6) is 0 Å². The van der Waals surface area contributed by atoms with Gasteiger partial charge in [0.2, 0.25) is 0 Å². The van der Waals surface area contributed by atoms with Gasteiger partial charge in [0.05, 0.1) is 4.99 Å². The Morgan fingerprint density at radius 2 is 2.00 bits per heavy atom. The van der Waals surface area contributed by atoms with Gasteiger partial charge in [-0.15, -0.1) is 0 Å². The van der Waals surface area contributed by atoms with E-state index in [0.717, 1.165) is 6.07 Å². The van der Waals surface area contributed by atoms with Crippen molar-refractivity contribution in [3.05, 3.63) is 34.9 Å². The Kier molecular flexibility index (Phi) is 6.20. The van der Waals surface area contributed by atoms with Crippen LogP contribution in [0.2, 0.25) is 0 Å². The fourth-order valence-corrected chi connectivity index (χ4v) is 2.06. The molecule has 0 atom stereocenters. The summed E-state index contributed by atoms with van der Waals surface area (Å²) < 4.78 is 27.9. The summed E-state index contributed by atoms with van der Waals surface area (Å²) in [5.74, 6) is -2.17. The van der Waals surface area contributed by atoms with Gasteiger partial charge in [0.1, 0.15) is 17.2 Å². The summed E-state index contributed by atoms with van der Waals surface area (Å²) in [6.45, 7) is 5.97. The molecule has 1 amide bonds. The molecule has 0 aromatic heterocycles. The first-order chi connectivity index (χ1) is 9.73. The topological polar surface area (TPSA) is 46.3 Å².